The number of benzene rings is 1. The number of hydrogen-bond donors (Lipinski definition) is 2. The monoisotopic (exact) mass is 288 g/mol. The molecule has 1 aromatic heterocycles. The zero-order valence-corrected chi connectivity index (χ0v) is 12.0. The second-order valence-electron chi connectivity index (χ2n) is 5.72. The molecule has 21 heavy (non-hydrogen) atoms. The van der Waals surface area contributed by atoms with Gasteiger partial charge in [-0.15, -0.1) is 0 Å². The van der Waals surface area contributed by atoms with E-state index in [1.807, 2.05) is 6.07 Å². The van der Waals surface area contributed by atoms with Crippen LogP contribution in [0.15, 0.2) is 30.5 Å². The van der Waals surface area contributed by atoms with E-state index in [0.29, 0.717) is 13.2 Å². The standard InChI is InChI=1S/C16H20N2O3/c1-19-14-9-21-15-13(8-20-16(14)15)18-7-10-6-17-12-5-3-2-4-11(10)12/h2-6,13-18H,7-9H2,1H3/t13-,14+,15+,16+/m0/s1. The second kappa shape index (κ2) is 5.42. The Kier molecular flexibility index (Phi) is 3.43. The van der Waals surface area contributed by atoms with Gasteiger partial charge in [-0.3, -0.25) is 0 Å². The number of aromatic amines is 1. The van der Waals surface area contributed by atoms with E-state index in [2.05, 4.69) is 34.7 Å². The number of ether oxygens (including phenoxy) is 3. The Bertz CT molecular complexity index is 627. The van der Waals surface area contributed by atoms with Gasteiger partial charge in [0.25, 0.3) is 0 Å². The molecule has 5 heteroatoms. The molecular weight excluding hydrogens is 268 g/mol. The van der Waals surface area contributed by atoms with Gasteiger partial charge >= 0.3 is 0 Å². The molecule has 5 nitrogen and oxygen atoms in total. The molecule has 2 aromatic rings. The molecule has 0 radical (unpaired) electrons. The molecule has 2 N–H and O–H groups in total. The molecule has 2 aliphatic rings. The van der Waals surface area contributed by atoms with Gasteiger partial charge in [-0.25, -0.2) is 0 Å². The maximum absolute atomic E-state index is 5.83. The first-order valence-corrected chi connectivity index (χ1v) is 7.41. The lowest BCUT2D eigenvalue weighted by Gasteiger charge is -2.17. The van der Waals surface area contributed by atoms with Gasteiger partial charge in [0, 0.05) is 30.8 Å². The van der Waals surface area contributed by atoms with E-state index in [9.17, 15) is 0 Å². The van der Waals surface area contributed by atoms with Crippen molar-refractivity contribution >= 4 is 10.9 Å². The first kappa shape index (κ1) is 13.3. The lowest BCUT2D eigenvalue weighted by atomic mass is 10.1. The van der Waals surface area contributed by atoms with Gasteiger partial charge in [0.2, 0.25) is 0 Å². The third-order valence-corrected chi connectivity index (χ3v) is 4.54. The smallest absolute Gasteiger partial charge is 0.114 e. The highest BCUT2D eigenvalue weighted by molar-refractivity contribution is 5.82. The first-order chi connectivity index (χ1) is 10.4. The fourth-order valence-corrected chi connectivity index (χ4v) is 3.36. The lowest BCUT2D eigenvalue weighted by Crippen LogP contribution is -2.40. The first-order valence-electron chi connectivity index (χ1n) is 7.41. The number of hydrogen-bond acceptors (Lipinski definition) is 4. The number of rotatable bonds is 4. The summed E-state index contributed by atoms with van der Waals surface area (Å²) in [7, 11) is 1.71. The van der Waals surface area contributed by atoms with Crippen LogP contribution < -0.4 is 5.32 Å². The number of H-pyrrole nitrogens is 1. The van der Waals surface area contributed by atoms with Crippen molar-refractivity contribution in [2.75, 3.05) is 20.3 Å². The Balaban J connectivity index is 1.44. The molecule has 2 aliphatic heterocycles. The van der Waals surface area contributed by atoms with Crippen LogP contribution in [0.3, 0.4) is 0 Å². The minimum atomic E-state index is 0.0647. The van der Waals surface area contributed by atoms with E-state index in [1.54, 1.807) is 7.11 Å². The summed E-state index contributed by atoms with van der Waals surface area (Å²) in [4.78, 5) is 3.30. The minimum Gasteiger partial charge on any atom is -0.376 e. The van der Waals surface area contributed by atoms with Crippen molar-refractivity contribution in [3.8, 4) is 0 Å². The Morgan fingerprint density at radius 2 is 2.10 bits per heavy atom. The van der Waals surface area contributed by atoms with Crippen LogP contribution in [0.5, 0.6) is 0 Å². The van der Waals surface area contributed by atoms with Crippen LogP contribution in [0.1, 0.15) is 5.56 Å². The molecule has 0 amide bonds. The molecule has 4 atom stereocenters. The minimum absolute atomic E-state index is 0.0647. The Labute approximate surface area is 123 Å². The van der Waals surface area contributed by atoms with Crippen LogP contribution in [0.25, 0.3) is 10.9 Å². The topological polar surface area (TPSA) is 55.5 Å². The van der Waals surface area contributed by atoms with Crippen LogP contribution >= 0.6 is 0 Å². The third kappa shape index (κ3) is 2.26. The van der Waals surface area contributed by atoms with Gasteiger partial charge in [-0.2, -0.15) is 0 Å². The molecule has 0 aliphatic carbocycles. The highest BCUT2D eigenvalue weighted by atomic mass is 16.6. The third-order valence-electron chi connectivity index (χ3n) is 4.54. The van der Waals surface area contributed by atoms with Crippen molar-refractivity contribution in [3.05, 3.63) is 36.0 Å². The summed E-state index contributed by atoms with van der Waals surface area (Å²) in [6.07, 6.45) is 2.30. The number of aromatic nitrogens is 1. The molecule has 0 saturated carbocycles. The maximum Gasteiger partial charge on any atom is 0.114 e. The number of methoxy groups -OCH3 is 1. The average molecular weight is 288 g/mol. The van der Waals surface area contributed by atoms with Crippen molar-refractivity contribution in [2.24, 2.45) is 0 Å². The Morgan fingerprint density at radius 3 is 3.00 bits per heavy atom. The maximum atomic E-state index is 5.83. The quantitative estimate of drug-likeness (QED) is 0.894. The molecule has 3 heterocycles. The SMILES string of the molecule is CO[C@@H]1CO[C@H]2[C@@H]1OC[C@@H]2NCc1c[nH]c2ccccc12. The van der Waals surface area contributed by atoms with Crippen molar-refractivity contribution in [2.45, 2.75) is 30.9 Å². The molecule has 4 rings (SSSR count). The van der Waals surface area contributed by atoms with Gasteiger partial charge in [-0.05, 0) is 11.6 Å². The predicted octanol–water partition coefficient (Wildman–Crippen LogP) is 1.44. The fraction of sp³-hybridized carbons (Fsp3) is 0.500. The number of nitrogens with one attached hydrogen (secondary N) is 2. The van der Waals surface area contributed by atoms with Gasteiger partial charge in [0.1, 0.15) is 18.3 Å². The Hall–Kier alpha value is -1.40. The summed E-state index contributed by atoms with van der Waals surface area (Å²) >= 11 is 0. The van der Waals surface area contributed by atoms with Gasteiger partial charge < -0.3 is 24.5 Å². The number of fused-ring (bicyclic) bond motifs is 2. The fourth-order valence-electron chi connectivity index (χ4n) is 3.36. The zero-order valence-electron chi connectivity index (χ0n) is 12.0. The van der Waals surface area contributed by atoms with E-state index >= 15 is 0 Å². The van der Waals surface area contributed by atoms with Crippen LogP contribution in [0, 0.1) is 0 Å². The molecule has 0 bridgehead atoms. The highest BCUT2D eigenvalue weighted by Gasteiger charge is 2.47. The van der Waals surface area contributed by atoms with Gasteiger partial charge in [0.05, 0.1) is 19.3 Å². The summed E-state index contributed by atoms with van der Waals surface area (Å²) in [5.41, 5.74) is 2.45. The van der Waals surface area contributed by atoms with E-state index < -0.39 is 0 Å². The molecule has 0 spiro atoms. The highest BCUT2D eigenvalue weighted by Crippen LogP contribution is 2.29. The van der Waals surface area contributed by atoms with Crippen LogP contribution in [-0.2, 0) is 20.8 Å². The zero-order chi connectivity index (χ0) is 14.2. The van der Waals surface area contributed by atoms with Crippen molar-refractivity contribution < 1.29 is 14.2 Å². The summed E-state index contributed by atoms with van der Waals surface area (Å²) in [5, 5.41) is 4.83. The van der Waals surface area contributed by atoms with Crippen molar-refractivity contribution in [3.63, 3.8) is 0 Å². The Morgan fingerprint density at radius 1 is 1.24 bits per heavy atom. The van der Waals surface area contributed by atoms with Gasteiger partial charge in [-0.1, -0.05) is 18.2 Å². The summed E-state index contributed by atoms with van der Waals surface area (Å²) in [5.74, 6) is 0. The van der Waals surface area contributed by atoms with Gasteiger partial charge in [0.15, 0.2) is 0 Å². The molecule has 0 unspecified atom stereocenters. The summed E-state index contributed by atoms with van der Waals surface area (Å²) < 4.78 is 17.1. The van der Waals surface area contributed by atoms with E-state index in [0.717, 1.165) is 6.54 Å². The molecule has 112 valence electrons. The van der Waals surface area contributed by atoms with E-state index in [4.69, 9.17) is 14.2 Å². The van der Waals surface area contributed by atoms with Crippen LogP contribution in [0.4, 0.5) is 0 Å². The van der Waals surface area contributed by atoms with Crippen LogP contribution in [0.2, 0.25) is 0 Å². The summed E-state index contributed by atoms with van der Waals surface area (Å²) in [6.45, 7) is 2.11. The summed E-state index contributed by atoms with van der Waals surface area (Å²) in [6, 6.07) is 8.57. The van der Waals surface area contributed by atoms with Crippen molar-refractivity contribution in [1.29, 1.82) is 0 Å². The molecular formula is C16H20N2O3. The van der Waals surface area contributed by atoms with Crippen LogP contribution in [-0.4, -0.2) is 49.7 Å². The van der Waals surface area contributed by atoms with Crippen molar-refractivity contribution in [1.82, 2.24) is 10.3 Å². The molecule has 2 saturated heterocycles. The predicted molar refractivity (Wildman–Crippen MR) is 79.2 cm³/mol. The lowest BCUT2D eigenvalue weighted by molar-refractivity contribution is -0.00824. The largest absolute Gasteiger partial charge is 0.376 e. The second-order valence-corrected chi connectivity index (χ2v) is 5.72. The molecule has 1 aromatic carbocycles. The number of para-hydroxylation sites is 1. The van der Waals surface area contributed by atoms with E-state index in [1.165, 1.54) is 16.5 Å². The average Bonchev–Trinajstić information content (AvgIpc) is 3.20. The normalized spacial score (nSPS) is 31.9. The molecule has 2 fully saturated rings. The van der Waals surface area contributed by atoms with E-state index in [-0.39, 0.29) is 24.4 Å².